The van der Waals surface area contributed by atoms with E-state index in [2.05, 4.69) is 15.4 Å². The first kappa shape index (κ1) is 18.2. The Morgan fingerprint density at radius 1 is 1.33 bits per heavy atom. The Bertz CT molecular complexity index is 841. The van der Waals surface area contributed by atoms with Crippen molar-refractivity contribution >= 4 is 23.2 Å². The Balaban J connectivity index is 1.43. The van der Waals surface area contributed by atoms with E-state index in [0.29, 0.717) is 25.9 Å². The lowest BCUT2D eigenvalue weighted by Crippen LogP contribution is -2.41. The highest BCUT2D eigenvalue weighted by molar-refractivity contribution is 7.09. The van der Waals surface area contributed by atoms with Crippen molar-refractivity contribution in [2.45, 2.75) is 44.6 Å². The summed E-state index contributed by atoms with van der Waals surface area (Å²) in [5.74, 6) is 0.485. The number of nitrogens with zero attached hydrogens (tertiary/aromatic N) is 4. The zero-order valence-corrected chi connectivity index (χ0v) is 16.5. The molecule has 3 heterocycles. The van der Waals surface area contributed by atoms with Crippen molar-refractivity contribution in [2.75, 3.05) is 13.1 Å². The van der Waals surface area contributed by atoms with Gasteiger partial charge in [-0.25, -0.2) is 4.98 Å². The third-order valence-electron chi connectivity index (χ3n) is 5.41. The molecule has 1 aliphatic carbocycles. The van der Waals surface area contributed by atoms with Crippen LogP contribution in [0, 0.1) is 12.8 Å². The lowest BCUT2D eigenvalue weighted by atomic mass is 9.99. The summed E-state index contributed by atoms with van der Waals surface area (Å²) in [6.45, 7) is 3.14. The molecule has 0 aromatic carbocycles. The Morgan fingerprint density at radius 2 is 2.15 bits per heavy atom. The van der Waals surface area contributed by atoms with Crippen LogP contribution < -0.4 is 5.32 Å². The normalized spacial score (nSPS) is 22.2. The van der Waals surface area contributed by atoms with E-state index in [-0.39, 0.29) is 29.7 Å². The van der Waals surface area contributed by atoms with Crippen molar-refractivity contribution in [2.24, 2.45) is 13.0 Å². The van der Waals surface area contributed by atoms with Crippen molar-refractivity contribution in [1.82, 2.24) is 25.0 Å². The van der Waals surface area contributed by atoms with Crippen LogP contribution in [0.4, 0.5) is 0 Å². The van der Waals surface area contributed by atoms with E-state index in [1.165, 1.54) is 0 Å². The fraction of sp³-hybridized carbons (Fsp3) is 0.579. The number of rotatable bonds is 6. The Labute approximate surface area is 162 Å². The van der Waals surface area contributed by atoms with Crippen molar-refractivity contribution in [3.8, 4) is 0 Å². The van der Waals surface area contributed by atoms with E-state index in [0.717, 1.165) is 29.2 Å². The summed E-state index contributed by atoms with van der Waals surface area (Å²) in [4.78, 5) is 31.4. The Hall–Kier alpha value is -2.22. The van der Waals surface area contributed by atoms with Crippen LogP contribution in [0.25, 0.3) is 0 Å². The third-order valence-corrected chi connectivity index (χ3v) is 6.43. The molecule has 1 saturated carbocycles. The molecule has 7 nitrogen and oxygen atoms in total. The van der Waals surface area contributed by atoms with Gasteiger partial charge < -0.3 is 10.2 Å². The average Bonchev–Trinajstić information content (AvgIpc) is 3.09. The number of aryl methyl sites for hydroxylation is 3. The van der Waals surface area contributed by atoms with Crippen LogP contribution in [-0.2, 0) is 23.1 Å². The second-order valence-electron chi connectivity index (χ2n) is 7.56. The molecular weight excluding hydrogens is 362 g/mol. The van der Waals surface area contributed by atoms with Crippen LogP contribution >= 0.6 is 11.3 Å². The summed E-state index contributed by atoms with van der Waals surface area (Å²) in [5, 5.41) is 10.5. The lowest BCUT2D eigenvalue weighted by molar-refractivity contribution is -0.130. The van der Waals surface area contributed by atoms with Gasteiger partial charge in [-0.3, -0.25) is 14.3 Å². The van der Waals surface area contributed by atoms with Crippen molar-refractivity contribution in [3.05, 3.63) is 34.0 Å². The van der Waals surface area contributed by atoms with Crippen molar-refractivity contribution in [3.63, 3.8) is 0 Å². The summed E-state index contributed by atoms with van der Waals surface area (Å²) in [6.07, 6.45) is 4.84. The van der Waals surface area contributed by atoms with Crippen LogP contribution in [0.3, 0.4) is 0 Å². The molecule has 2 fully saturated rings. The second kappa shape index (κ2) is 7.42. The van der Waals surface area contributed by atoms with Gasteiger partial charge in [-0.1, -0.05) is 0 Å². The number of hydrogen-bond donors (Lipinski definition) is 1. The molecule has 27 heavy (non-hydrogen) atoms. The van der Waals surface area contributed by atoms with Crippen molar-refractivity contribution < 1.29 is 9.59 Å². The first-order valence-electron chi connectivity index (χ1n) is 9.48. The number of likely N-dealkylation sites (tertiary alicyclic amines) is 1. The summed E-state index contributed by atoms with van der Waals surface area (Å²) in [5.41, 5.74) is 2.06. The maximum atomic E-state index is 12.8. The number of nitrogens with one attached hydrogen (secondary N) is 1. The van der Waals surface area contributed by atoms with Crippen LogP contribution in [0.15, 0.2) is 17.6 Å². The predicted molar refractivity (Wildman–Crippen MR) is 102 cm³/mol. The minimum Gasteiger partial charge on any atom is -0.351 e. The highest BCUT2D eigenvalue weighted by Gasteiger charge is 2.40. The topological polar surface area (TPSA) is 80.1 Å². The van der Waals surface area contributed by atoms with Crippen LogP contribution in [0.2, 0.25) is 0 Å². The smallest absolute Gasteiger partial charge is 0.223 e. The minimum absolute atomic E-state index is 0.0560. The number of carbonyl (C=O) groups is 2. The van der Waals surface area contributed by atoms with Gasteiger partial charge in [0, 0.05) is 67.8 Å². The molecular formula is C19H25N5O2S. The van der Waals surface area contributed by atoms with Gasteiger partial charge in [-0.2, -0.15) is 5.10 Å². The first-order chi connectivity index (χ1) is 13.0. The van der Waals surface area contributed by atoms with Crippen molar-refractivity contribution in [1.29, 1.82) is 0 Å². The maximum Gasteiger partial charge on any atom is 0.223 e. The van der Waals surface area contributed by atoms with Crippen LogP contribution in [-0.4, -0.2) is 50.6 Å². The highest BCUT2D eigenvalue weighted by atomic mass is 32.1. The molecule has 0 spiro atoms. The summed E-state index contributed by atoms with van der Waals surface area (Å²) in [7, 11) is 1.91. The van der Waals surface area contributed by atoms with E-state index < -0.39 is 0 Å². The lowest BCUT2D eigenvalue weighted by Gasteiger charge is -2.19. The SMILES string of the molecule is Cc1csc(CCC(=O)N2C[C@@H](NC(=O)C3CC3)[C@H](c3ccnn3C)C2)n1. The van der Waals surface area contributed by atoms with Gasteiger partial charge in [0.15, 0.2) is 0 Å². The summed E-state index contributed by atoms with van der Waals surface area (Å²) < 4.78 is 1.84. The maximum absolute atomic E-state index is 12.8. The molecule has 1 saturated heterocycles. The summed E-state index contributed by atoms with van der Waals surface area (Å²) >= 11 is 1.60. The fourth-order valence-electron chi connectivity index (χ4n) is 3.74. The second-order valence-corrected chi connectivity index (χ2v) is 8.50. The van der Waals surface area contributed by atoms with Gasteiger partial charge in [-0.15, -0.1) is 11.3 Å². The molecule has 2 aromatic heterocycles. The molecule has 2 atom stereocenters. The van der Waals surface area contributed by atoms with Gasteiger partial charge >= 0.3 is 0 Å². The van der Waals surface area contributed by atoms with E-state index >= 15 is 0 Å². The number of amides is 2. The molecule has 4 rings (SSSR count). The number of carbonyl (C=O) groups excluding carboxylic acids is 2. The van der Waals surface area contributed by atoms with Crippen LogP contribution in [0.1, 0.15) is 41.6 Å². The van der Waals surface area contributed by atoms with Crippen LogP contribution in [0.5, 0.6) is 0 Å². The standard InChI is InChI=1S/C19H25N5O2S/c1-12-11-27-17(21-12)5-6-18(25)24-9-14(16-7-8-20-23(16)2)15(10-24)22-19(26)13-3-4-13/h7-8,11,13-15H,3-6,9-10H2,1-2H3,(H,22,26)/t14-,15-/m1/s1. The molecule has 0 radical (unpaired) electrons. The van der Waals surface area contributed by atoms with Gasteiger partial charge in [0.25, 0.3) is 0 Å². The average molecular weight is 388 g/mol. The molecule has 2 aromatic rings. The number of hydrogen-bond acceptors (Lipinski definition) is 5. The van der Waals surface area contributed by atoms with Gasteiger partial charge in [0.2, 0.25) is 11.8 Å². The molecule has 8 heteroatoms. The minimum atomic E-state index is -0.0560. The number of thiazole rings is 1. The molecule has 2 aliphatic rings. The molecule has 1 aliphatic heterocycles. The van der Waals surface area contributed by atoms with Gasteiger partial charge in [0.1, 0.15) is 0 Å². The number of aromatic nitrogens is 3. The zero-order chi connectivity index (χ0) is 19.0. The molecule has 2 amide bonds. The third kappa shape index (κ3) is 4.05. The largest absolute Gasteiger partial charge is 0.351 e. The van der Waals surface area contributed by atoms with E-state index in [1.54, 1.807) is 17.5 Å². The molecule has 0 unspecified atom stereocenters. The van der Waals surface area contributed by atoms with E-state index in [1.807, 2.05) is 35.0 Å². The molecule has 0 bridgehead atoms. The van der Waals surface area contributed by atoms with Gasteiger partial charge in [-0.05, 0) is 25.8 Å². The first-order valence-corrected chi connectivity index (χ1v) is 10.4. The highest BCUT2D eigenvalue weighted by Crippen LogP contribution is 2.32. The Morgan fingerprint density at radius 3 is 2.78 bits per heavy atom. The Kier molecular flexibility index (Phi) is 4.99. The monoisotopic (exact) mass is 387 g/mol. The quantitative estimate of drug-likeness (QED) is 0.817. The molecule has 1 N–H and O–H groups in total. The predicted octanol–water partition coefficient (Wildman–Crippen LogP) is 1.64. The van der Waals surface area contributed by atoms with E-state index in [9.17, 15) is 9.59 Å². The van der Waals surface area contributed by atoms with Gasteiger partial charge in [0.05, 0.1) is 11.0 Å². The summed E-state index contributed by atoms with van der Waals surface area (Å²) in [6, 6.07) is 1.92. The fourth-order valence-corrected chi connectivity index (χ4v) is 4.51. The zero-order valence-electron chi connectivity index (χ0n) is 15.7. The molecule has 144 valence electrons. The van der Waals surface area contributed by atoms with E-state index in [4.69, 9.17) is 0 Å².